The molecule has 0 heterocycles. The van der Waals surface area contributed by atoms with Crippen LogP contribution < -0.4 is 10.2 Å². The first-order valence-corrected chi connectivity index (χ1v) is 39.3. The highest BCUT2D eigenvalue weighted by molar-refractivity contribution is 7.45. The van der Waals surface area contributed by atoms with Gasteiger partial charge in [0, 0.05) is 6.42 Å². The van der Waals surface area contributed by atoms with Gasteiger partial charge >= 0.3 is 0 Å². The Labute approximate surface area is 531 Å². The number of nitrogens with zero attached hydrogens (tertiary/aromatic N) is 1. The predicted molar refractivity (Wildman–Crippen MR) is 372 cm³/mol. The fourth-order valence-electron chi connectivity index (χ4n) is 11.7. The van der Waals surface area contributed by atoms with Crippen molar-refractivity contribution in [2.24, 2.45) is 0 Å². The van der Waals surface area contributed by atoms with Gasteiger partial charge in [0.25, 0.3) is 7.82 Å². The summed E-state index contributed by atoms with van der Waals surface area (Å²) in [7, 11) is 1.28. The first-order valence-electron chi connectivity index (χ1n) is 37.9. The SMILES string of the molecule is CCCCCCC/C=C\C/C=C\CCCCCCCCCCCCCCCCCCCCCCCCCCCCCC(=O)NC(COP(=O)([O-])OCC[N+](C)(C)C)C(O)/C=C/CCCCCCCCCCCCCCCCCCCCCCCC. The highest BCUT2D eigenvalue weighted by atomic mass is 31.2. The first kappa shape index (κ1) is 83.7. The summed E-state index contributed by atoms with van der Waals surface area (Å²) in [6, 6.07) is -0.886. The van der Waals surface area contributed by atoms with E-state index in [0.717, 1.165) is 44.9 Å². The molecule has 0 aromatic rings. The number of allylic oxidation sites excluding steroid dienone is 5. The topological polar surface area (TPSA) is 108 Å². The van der Waals surface area contributed by atoms with Crippen LogP contribution in [0.3, 0.4) is 0 Å². The van der Waals surface area contributed by atoms with E-state index in [9.17, 15) is 19.4 Å². The largest absolute Gasteiger partial charge is 0.756 e. The first-order chi connectivity index (χ1) is 41.5. The summed E-state index contributed by atoms with van der Waals surface area (Å²) in [6.07, 6.45) is 90.1. The third-order valence-corrected chi connectivity index (χ3v) is 18.6. The molecule has 0 saturated carbocycles. The van der Waals surface area contributed by atoms with Crippen molar-refractivity contribution in [2.45, 2.75) is 405 Å². The highest BCUT2D eigenvalue weighted by Gasteiger charge is 2.23. The number of rotatable bonds is 71. The number of carbonyl (C=O) groups is 1. The maximum atomic E-state index is 13.1. The molecular weight excluding hydrogens is 1070 g/mol. The second-order valence-corrected chi connectivity index (χ2v) is 28.8. The third-order valence-electron chi connectivity index (χ3n) is 17.6. The maximum absolute atomic E-state index is 13.1. The number of amides is 1. The van der Waals surface area contributed by atoms with E-state index in [4.69, 9.17) is 9.05 Å². The lowest BCUT2D eigenvalue weighted by Gasteiger charge is -2.29. The molecule has 0 rings (SSSR count). The van der Waals surface area contributed by atoms with Gasteiger partial charge in [0.15, 0.2) is 0 Å². The number of nitrogens with one attached hydrogen (secondary N) is 1. The standard InChI is InChI=1S/C76H149N2O6P/c1-6-8-10-12-14-16-18-20-22-24-26-28-30-32-33-34-35-36-37-38-39-40-41-42-43-44-45-46-48-50-52-54-56-58-60-62-64-66-68-70-76(80)77-74(73-84-85(81,82)83-72-71-78(3,4)5)75(79)69-67-65-63-61-59-57-55-53-51-49-47-31-29-27-25-23-21-19-17-15-13-11-9-7-2/h18,20,24,26,67,69,74-75,79H,6-17,19,21-23,25,27-66,68,70-73H2,1-5H3,(H-,77,80,81,82)/b20-18-,26-24-,69-67+. The third kappa shape index (κ3) is 70.0. The number of hydrogen-bond donors (Lipinski definition) is 2. The molecule has 0 bridgehead atoms. The zero-order chi connectivity index (χ0) is 61.9. The summed E-state index contributed by atoms with van der Waals surface area (Å²) < 4.78 is 23.5. The summed E-state index contributed by atoms with van der Waals surface area (Å²) >= 11 is 0. The zero-order valence-corrected chi connectivity index (χ0v) is 58.7. The van der Waals surface area contributed by atoms with Gasteiger partial charge in [-0.15, -0.1) is 0 Å². The number of unbranched alkanes of at least 4 members (excludes halogenated alkanes) is 54. The van der Waals surface area contributed by atoms with Crippen LogP contribution in [0.5, 0.6) is 0 Å². The van der Waals surface area contributed by atoms with E-state index in [1.807, 2.05) is 27.2 Å². The van der Waals surface area contributed by atoms with Crippen LogP contribution in [-0.2, 0) is 18.4 Å². The molecule has 9 heteroatoms. The number of carbonyl (C=O) groups excluding carboxylic acids is 1. The average Bonchev–Trinajstić information content (AvgIpc) is 3.49. The van der Waals surface area contributed by atoms with E-state index in [0.29, 0.717) is 17.4 Å². The van der Waals surface area contributed by atoms with Crippen LogP contribution in [0.1, 0.15) is 393 Å². The number of likely N-dealkylation sites (N-methyl/N-ethyl adjacent to an activating group) is 1. The predicted octanol–water partition coefficient (Wildman–Crippen LogP) is 23.8. The van der Waals surface area contributed by atoms with Gasteiger partial charge in [-0.2, -0.15) is 0 Å². The van der Waals surface area contributed by atoms with Crippen LogP contribution >= 0.6 is 7.82 Å². The Bertz CT molecular complexity index is 1480. The lowest BCUT2D eigenvalue weighted by molar-refractivity contribution is -0.870. The number of aliphatic hydroxyl groups excluding tert-OH is 1. The van der Waals surface area contributed by atoms with Crippen LogP contribution in [-0.4, -0.2) is 68.5 Å². The molecule has 0 spiro atoms. The lowest BCUT2D eigenvalue weighted by atomic mass is 10.0. The van der Waals surface area contributed by atoms with Gasteiger partial charge in [-0.05, 0) is 51.4 Å². The van der Waals surface area contributed by atoms with Crippen molar-refractivity contribution in [1.29, 1.82) is 0 Å². The lowest BCUT2D eigenvalue weighted by Crippen LogP contribution is -2.45. The summed E-state index contributed by atoms with van der Waals surface area (Å²) in [6.45, 7) is 4.70. The van der Waals surface area contributed by atoms with Crippen LogP contribution in [0.25, 0.3) is 0 Å². The quantitative estimate of drug-likeness (QED) is 0.0272. The van der Waals surface area contributed by atoms with Crippen molar-refractivity contribution in [3.63, 3.8) is 0 Å². The molecule has 0 fully saturated rings. The second kappa shape index (κ2) is 67.1. The molecule has 8 nitrogen and oxygen atoms in total. The Morgan fingerprint density at radius 3 is 0.976 bits per heavy atom. The smallest absolute Gasteiger partial charge is 0.268 e. The van der Waals surface area contributed by atoms with Crippen molar-refractivity contribution in [1.82, 2.24) is 5.32 Å². The van der Waals surface area contributed by atoms with E-state index in [1.165, 1.54) is 327 Å². The molecule has 0 aliphatic rings. The summed E-state index contributed by atoms with van der Waals surface area (Å²) in [4.78, 5) is 25.7. The van der Waals surface area contributed by atoms with Crippen LogP contribution in [0.4, 0.5) is 0 Å². The van der Waals surface area contributed by atoms with E-state index >= 15 is 0 Å². The zero-order valence-electron chi connectivity index (χ0n) is 57.8. The minimum Gasteiger partial charge on any atom is -0.756 e. The maximum Gasteiger partial charge on any atom is 0.268 e. The number of phosphoric acid groups is 1. The molecule has 0 aliphatic carbocycles. The fraction of sp³-hybridized carbons (Fsp3) is 0.908. The molecule has 3 unspecified atom stereocenters. The molecule has 504 valence electrons. The van der Waals surface area contributed by atoms with Gasteiger partial charge in [0.1, 0.15) is 13.2 Å². The normalized spacial score (nSPS) is 13.7. The number of quaternary nitrogens is 1. The number of phosphoric ester groups is 1. The minimum atomic E-state index is -4.60. The highest BCUT2D eigenvalue weighted by Crippen LogP contribution is 2.38. The summed E-state index contributed by atoms with van der Waals surface area (Å²) in [5.41, 5.74) is 0. The second-order valence-electron chi connectivity index (χ2n) is 27.4. The van der Waals surface area contributed by atoms with Crippen molar-refractivity contribution < 1.29 is 32.9 Å². The van der Waals surface area contributed by atoms with Crippen molar-refractivity contribution >= 4 is 13.7 Å². The Kier molecular flexibility index (Phi) is 66.1. The molecule has 0 radical (unpaired) electrons. The Morgan fingerprint density at radius 1 is 0.412 bits per heavy atom. The Balaban J connectivity index is 3.93. The fourth-order valence-corrected chi connectivity index (χ4v) is 12.4. The van der Waals surface area contributed by atoms with Crippen molar-refractivity contribution in [2.75, 3.05) is 40.9 Å². The summed E-state index contributed by atoms with van der Waals surface area (Å²) in [5, 5.41) is 14.0. The molecule has 0 aromatic carbocycles. The van der Waals surface area contributed by atoms with E-state index in [2.05, 4.69) is 43.5 Å². The monoisotopic (exact) mass is 1220 g/mol. The van der Waals surface area contributed by atoms with Gasteiger partial charge in [0.2, 0.25) is 5.91 Å². The number of hydrogen-bond acceptors (Lipinski definition) is 6. The van der Waals surface area contributed by atoms with Crippen LogP contribution in [0.2, 0.25) is 0 Å². The van der Waals surface area contributed by atoms with Crippen LogP contribution in [0.15, 0.2) is 36.5 Å². The average molecular weight is 1220 g/mol. The molecule has 2 N–H and O–H groups in total. The van der Waals surface area contributed by atoms with Gasteiger partial charge in [-0.3, -0.25) is 9.36 Å². The Morgan fingerprint density at radius 2 is 0.682 bits per heavy atom. The number of aliphatic hydroxyl groups is 1. The Hall–Kier alpha value is -1.28. The molecule has 0 aromatic heterocycles. The van der Waals surface area contributed by atoms with Gasteiger partial charge < -0.3 is 28.8 Å². The molecule has 85 heavy (non-hydrogen) atoms. The molecule has 0 saturated heterocycles. The van der Waals surface area contributed by atoms with Crippen molar-refractivity contribution in [3.05, 3.63) is 36.5 Å². The van der Waals surface area contributed by atoms with Crippen molar-refractivity contribution in [3.8, 4) is 0 Å². The van der Waals surface area contributed by atoms with Gasteiger partial charge in [-0.25, -0.2) is 0 Å². The molecule has 0 aliphatic heterocycles. The minimum absolute atomic E-state index is 0.00181. The molecule has 1 amide bonds. The van der Waals surface area contributed by atoms with E-state index in [-0.39, 0.29) is 19.1 Å². The van der Waals surface area contributed by atoms with Gasteiger partial charge in [-0.1, -0.05) is 371 Å². The van der Waals surface area contributed by atoms with E-state index in [1.54, 1.807) is 6.08 Å². The van der Waals surface area contributed by atoms with E-state index < -0.39 is 20.0 Å². The molecule has 3 atom stereocenters. The van der Waals surface area contributed by atoms with Gasteiger partial charge in [0.05, 0.1) is 39.9 Å². The molecular formula is C76H149N2O6P. The van der Waals surface area contributed by atoms with Crippen LogP contribution in [0, 0.1) is 0 Å². The summed E-state index contributed by atoms with van der Waals surface area (Å²) in [5.74, 6) is -0.188.